The van der Waals surface area contributed by atoms with E-state index in [9.17, 15) is 0 Å². The largest absolute Gasteiger partial charge is 0.497 e. The lowest BCUT2D eigenvalue weighted by Gasteiger charge is -2.00. The van der Waals surface area contributed by atoms with Gasteiger partial charge in [0.15, 0.2) is 0 Å². The van der Waals surface area contributed by atoms with Crippen LogP contribution in [0.4, 0.5) is 5.82 Å². The van der Waals surface area contributed by atoms with Crippen LogP contribution < -0.4 is 10.5 Å². The van der Waals surface area contributed by atoms with Crippen molar-refractivity contribution in [3.8, 4) is 22.1 Å². The van der Waals surface area contributed by atoms with Crippen molar-refractivity contribution in [3.63, 3.8) is 0 Å². The SMILES string of the molecule is COc1ccc(-c2cc(N)n(-c3nc4c(C)cccc4s3)n2)cc1. The average molecular weight is 336 g/mol. The van der Waals surface area contributed by atoms with E-state index < -0.39 is 0 Å². The van der Waals surface area contributed by atoms with Gasteiger partial charge in [0.05, 0.1) is 23.0 Å². The smallest absolute Gasteiger partial charge is 0.213 e. The number of thiazole rings is 1. The van der Waals surface area contributed by atoms with Crippen molar-refractivity contribution in [2.24, 2.45) is 0 Å². The van der Waals surface area contributed by atoms with Crippen molar-refractivity contribution < 1.29 is 4.74 Å². The van der Waals surface area contributed by atoms with Crippen LogP contribution in [-0.4, -0.2) is 21.9 Å². The second-order valence-electron chi connectivity index (χ2n) is 5.51. The first-order valence-corrected chi connectivity index (χ1v) is 8.34. The number of benzene rings is 2. The summed E-state index contributed by atoms with van der Waals surface area (Å²) in [6.07, 6.45) is 0. The Kier molecular flexibility index (Phi) is 3.46. The Bertz CT molecular complexity index is 1020. The molecule has 2 aromatic heterocycles. The van der Waals surface area contributed by atoms with Gasteiger partial charge < -0.3 is 10.5 Å². The standard InChI is InChI=1S/C18H16N4OS/c1-11-4-3-5-15-17(11)20-18(24-15)22-16(19)10-14(21-22)12-6-8-13(23-2)9-7-12/h3-10H,19H2,1-2H3. The van der Waals surface area contributed by atoms with Crippen LogP contribution in [0.15, 0.2) is 48.5 Å². The van der Waals surface area contributed by atoms with Crippen molar-refractivity contribution in [1.29, 1.82) is 0 Å². The first-order chi connectivity index (χ1) is 11.7. The number of methoxy groups -OCH3 is 1. The van der Waals surface area contributed by atoms with Gasteiger partial charge in [0.25, 0.3) is 0 Å². The average Bonchev–Trinajstić information content (AvgIpc) is 3.19. The molecule has 0 aliphatic heterocycles. The summed E-state index contributed by atoms with van der Waals surface area (Å²) < 4.78 is 8.02. The molecule has 0 unspecified atom stereocenters. The topological polar surface area (TPSA) is 66.0 Å². The number of aromatic nitrogens is 3. The molecular formula is C18H16N4OS. The highest BCUT2D eigenvalue weighted by Crippen LogP contribution is 2.30. The Labute approximate surface area is 143 Å². The van der Waals surface area contributed by atoms with Crippen LogP contribution in [0.3, 0.4) is 0 Å². The van der Waals surface area contributed by atoms with E-state index >= 15 is 0 Å². The first-order valence-electron chi connectivity index (χ1n) is 7.52. The number of hydrogen-bond donors (Lipinski definition) is 1. The predicted octanol–water partition coefficient (Wildman–Crippen LogP) is 4.05. The molecule has 0 radical (unpaired) electrons. The molecule has 4 rings (SSSR count). The van der Waals surface area contributed by atoms with Crippen molar-refractivity contribution in [3.05, 3.63) is 54.1 Å². The molecule has 0 fully saturated rings. The fourth-order valence-corrected chi connectivity index (χ4v) is 3.63. The van der Waals surface area contributed by atoms with E-state index in [2.05, 4.69) is 24.2 Å². The fraction of sp³-hybridized carbons (Fsp3) is 0.111. The van der Waals surface area contributed by atoms with Gasteiger partial charge in [0, 0.05) is 11.6 Å². The molecule has 0 atom stereocenters. The minimum atomic E-state index is 0.567. The fourth-order valence-electron chi connectivity index (χ4n) is 2.62. The molecule has 2 N–H and O–H groups in total. The number of ether oxygens (including phenoxy) is 1. The molecule has 0 aliphatic rings. The van der Waals surface area contributed by atoms with Gasteiger partial charge in [-0.05, 0) is 42.8 Å². The summed E-state index contributed by atoms with van der Waals surface area (Å²) in [7, 11) is 1.65. The van der Waals surface area contributed by atoms with Crippen LogP contribution in [0.5, 0.6) is 5.75 Å². The summed E-state index contributed by atoms with van der Waals surface area (Å²) in [5, 5.41) is 5.40. The monoisotopic (exact) mass is 336 g/mol. The molecule has 0 aliphatic carbocycles. The maximum Gasteiger partial charge on any atom is 0.213 e. The maximum atomic E-state index is 6.17. The van der Waals surface area contributed by atoms with E-state index in [0.717, 1.165) is 37.9 Å². The molecule has 6 heteroatoms. The zero-order valence-electron chi connectivity index (χ0n) is 13.4. The maximum absolute atomic E-state index is 6.17. The number of anilines is 1. The van der Waals surface area contributed by atoms with Crippen molar-refractivity contribution in [2.45, 2.75) is 6.92 Å². The number of nitrogens with two attached hydrogens (primary N) is 1. The van der Waals surface area contributed by atoms with Crippen LogP contribution in [-0.2, 0) is 0 Å². The van der Waals surface area contributed by atoms with Gasteiger partial charge in [-0.2, -0.15) is 9.78 Å². The number of para-hydroxylation sites is 1. The summed E-state index contributed by atoms with van der Waals surface area (Å²) in [6, 6.07) is 15.8. The molecule has 24 heavy (non-hydrogen) atoms. The third-order valence-corrected chi connectivity index (χ3v) is 4.91. The lowest BCUT2D eigenvalue weighted by molar-refractivity contribution is 0.415. The lowest BCUT2D eigenvalue weighted by Crippen LogP contribution is -2.00. The van der Waals surface area contributed by atoms with E-state index in [0.29, 0.717) is 5.82 Å². The van der Waals surface area contributed by atoms with E-state index in [1.54, 1.807) is 23.1 Å². The van der Waals surface area contributed by atoms with E-state index in [4.69, 9.17) is 15.5 Å². The van der Waals surface area contributed by atoms with Gasteiger partial charge in [0.1, 0.15) is 11.6 Å². The number of fused-ring (bicyclic) bond motifs is 1. The molecule has 0 saturated heterocycles. The number of hydrogen-bond acceptors (Lipinski definition) is 5. The molecule has 0 spiro atoms. The summed E-state index contributed by atoms with van der Waals surface area (Å²) in [6.45, 7) is 2.06. The summed E-state index contributed by atoms with van der Waals surface area (Å²) in [5.41, 5.74) is 10.1. The van der Waals surface area contributed by atoms with Crippen LogP contribution in [0.1, 0.15) is 5.56 Å². The molecule has 0 bridgehead atoms. The Morgan fingerprint density at radius 3 is 2.62 bits per heavy atom. The van der Waals surface area contributed by atoms with Crippen LogP contribution >= 0.6 is 11.3 Å². The zero-order valence-corrected chi connectivity index (χ0v) is 14.2. The van der Waals surface area contributed by atoms with Gasteiger partial charge in [-0.3, -0.25) is 0 Å². The first kappa shape index (κ1) is 14.7. The summed E-state index contributed by atoms with van der Waals surface area (Å²) >= 11 is 1.58. The summed E-state index contributed by atoms with van der Waals surface area (Å²) in [5.74, 6) is 1.38. The molecule has 0 saturated carbocycles. The van der Waals surface area contributed by atoms with Gasteiger partial charge in [-0.1, -0.05) is 23.5 Å². The zero-order chi connectivity index (χ0) is 16.7. The molecule has 120 valence electrons. The number of nitrogens with zero attached hydrogens (tertiary/aromatic N) is 3. The van der Waals surface area contributed by atoms with E-state index in [-0.39, 0.29) is 0 Å². The van der Waals surface area contributed by atoms with Crippen LogP contribution in [0, 0.1) is 6.92 Å². The highest BCUT2D eigenvalue weighted by Gasteiger charge is 2.13. The van der Waals surface area contributed by atoms with Gasteiger partial charge in [0.2, 0.25) is 5.13 Å². The molecule has 2 aromatic carbocycles. The third kappa shape index (κ3) is 2.41. The van der Waals surface area contributed by atoms with Crippen LogP contribution in [0.2, 0.25) is 0 Å². The Hall–Kier alpha value is -2.86. The highest BCUT2D eigenvalue weighted by molar-refractivity contribution is 7.20. The predicted molar refractivity (Wildman–Crippen MR) is 97.9 cm³/mol. The molecule has 5 nitrogen and oxygen atoms in total. The van der Waals surface area contributed by atoms with Gasteiger partial charge in [-0.25, -0.2) is 4.98 Å². The third-order valence-electron chi connectivity index (χ3n) is 3.91. The Balaban J connectivity index is 1.78. The minimum Gasteiger partial charge on any atom is -0.497 e. The van der Waals surface area contributed by atoms with Crippen molar-refractivity contribution in [1.82, 2.24) is 14.8 Å². The Morgan fingerprint density at radius 1 is 1.12 bits per heavy atom. The second kappa shape index (κ2) is 5.65. The molecule has 2 heterocycles. The number of rotatable bonds is 3. The number of aryl methyl sites for hydroxylation is 1. The second-order valence-corrected chi connectivity index (χ2v) is 6.52. The molecular weight excluding hydrogens is 320 g/mol. The number of nitrogen functional groups attached to an aromatic ring is 1. The van der Waals surface area contributed by atoms with Crippen molar-refractivity contribution >= 4 is 27.4 Å². The lowest BCUT2D eigenvalue weighted by atomic mass is 10.1. The summed E-state index contributed by atoms with van der Waals surface area (Å²) in [4.78, 5) is 4.70. The van der Waals surface area contributed by atoms with Gasteiger partial charge in [-0.15, -0.1) is 0 Å². The van der Waals surface area contributed by atoms with Gasteiger partial charge >= 0.3 is 0 Å². The van der Waals surface area contributed by atoms with Crippen LogP contribution in [0.25, 0.3) is 26.6 Å². The normalized spacial score (nSPS) is 11.1. The quantitative estimate of drug-likeness (QED) is 0.613. The van der Waals surface area contributed by atoms with E-state index in [1.165, 1.54) is 0 Å². The van der Waals surface area contributed by atoms with E-state index in [1.807, 2.05) is 36.4 Å². The Morgan fingerprint density at radius 2 is 1.92 bits per heavy atom. The highest BCUT2D eigenvalue weighted by atomic mass is 32.1. The molecule has 4 aromatic rings. The minimum absolute atomic E-state index is 0.567. The van der Waals surface area contributed by atoms with Crippen molar-refractivity contribution in [2.75, 3.05) is 12.8 Å². The molecule has 0 amide bonds.